The maximum atomic E-state index is 11.6. The molecule has 0 bridgehead atoms. The molecule has 1 amide bonds. The minimum Gasteiger partial charge on any atom is -0.374 e. The van der Waals surface area contributed by atoms with E-state index in [0.717, 1.165) is 10.6 Å². The number of carbonyl (C=O) groups excluding carboxylic acids is 1. The smallest absolute Gasteiger partial charge is 0.236 e. The van der Waals surface area contributed by atoms with Gasteiger partial charge in [-0.1, -0.05) is 29.8 Å². The quantitative estimate of drug-likeness (QED) is 0.892. The first-order valence-corrected chi connectivity index (χ1v) is 6.41. The monoisotopic (exact) mass is 268 g/mol. The van der Waals surface area contributed by atoms with E-state index < -0.39 is 0 Å². The Balaban J connectivity index is 1.98. The van der Waals surface area contributed by atoms with Gasteiger partial charge in [-0.15, -0.1) is 0 Å². The van der Waals surface area contributed by atoms with Crippen molar-refractivity contribution in [2.45, 2.75) is 12.5 Å². The molecule has 98 valence electrons. The average molecular weight is 269 g/mol. The highest BCUT2D eigenvalue weighted by Gasteiger charge is 2.23. The summed E-state index contributed by atoms with van der Waals surface area (Å²) in [6.45, 7) is 1.82. The van der Waals surface area contributed by atoms with Crippen LogP contribution in [0.2, 0.25) is 5.02 Å². The van der Waals surface area contributed by atoms with Crippen LogP contribution in [0.15, 0.2) is 24.3 Å². The first-order chi connectivity index (χ1) is 8.70. The van der Waals surface area contributed by atoms with Gasteiger partial charge in [-0.05, 0) is 11.6 Å². The Bertz CT molecular complexity index is 425. The highest BCUT2D eigenvalue weighted by Crippen LogP contribution is 2.19. The number of nitrogens with zero attached hydrogens (tertiary/aromatic N) is 1. The summed E-state index contributed by atoms with van der Waals surface area (Å²) in [5, 5.41) is 0.739. The normalized spacial score (nSPS) is 19.9. The Morgan fingerprint density at radius 3 is 3.00 bits per heavy atom. The van der Waals surface area contributed by atoms with Crippen LogP contribution in [0.4, 0.5) is 0 Å². The lowest BCUT2D eigenvalue weighted by Crippen LogP contribution is -2.48. The summed E-state index contributed by atoms with van der Waals surface area (Å²) >= 11 is 6.11. The van der Waals surface area contributed by atoms with Gasteiger partial charge in [0.05, 0.1) is 19.3 Å². The maximum Gasteiger partial charge on any atom is 0.236 e. The van der Waals surface area contributed by atoms with Crippen LogP contribution >= 0.6 is 11.6 Å². The summed E-state index contributed by atoms with van der Waals surface area (Å²) in [4.78, 5) is 13.3. The minimum absolute atomic E-state index is 0.00542. The Morgan fingerprint density at radius 1 is 1.50 bits per heavy atom. The fraction of sp³-hybridized carbons (Fsp3) is 0.462. The topological polar surface area (TPSA) is 55.6 Å². The van der Waals surface area contributed by atoms with Crippen molar-refractivity contribution in [2.24, 2.45) is 5.73 Å². The van der Waals surface area contributed by atoms with Crippen molar-refractivity contribution in [3.05, 3.63) is 34.9 Å². The van der Waals surface area contributed by atoms with Crippen molar-refractivity contribution in [3.8, 4) is 0 Å². The van der Waals surface area contributed by atoms with Gasteiger partial charge in [0.25, 0.3) is 0 Å². The van der Waals surface area contributed by atoms with Crippen LogP contribution in [0.1, 0.15) is 5.56 Å². The van der Waals surface area contributed by atoms with E-state index in [9.17, 15) is 4.79 Å². The fourth-order valence-corrected chi connectivity index (χ4v) is 2.32. The molecule has 5 heteroatoms. The zero-order chi connectivity index (χ0) is 13.0. The van der Waals surface area contributed by atoms with E-state index in [0.29, 0.717) is 26.1 Å². The minimum atomic E-state index is -0.0255. The van der Waals surface area contributed by atoms with Gasteiger partial charge in [0.1, 0.15) is 0 Å². The number of carbonyl (C=O) groups is 1. The number of amides is 1. The third kappa shape index (κ3) is 3.22. The second-order valence-corrected chi connectivity index (χ2v) is 4.74. The largest absolute Gasteiger partial charge is 0.374 e. The Hall–Kier alpha value is -1.10. The number of benzene rings is 1. The lowest BCUT2D eigenvalue weighted by Gasteiger charge is -2.33. The molecule has 2 rings (SSSR count). The summed E-state index contributed by atoms with van der Waals surface area (Å²) in [6.07, 6.45) is 0.711. The Morgan fingerprint density at radius 2 is 2.28 bits per heavy atom. The molecule has 1 aromatic rings. The third-order valence-electron chi connectivity index (χ3n) is 3.07. The molecule has 1 saturated heterocycles. The third-order valence-corrected chi connectivity index (χ3v) is 3.44. The van der Waals surface area contributed by atoms with Crippen molar-refractivity contribution < 1.29 is 9.53 Å². The van der Waals surface area contributed by atoms with E-state index in [1.54, 1.807) is 4.90 Å². The highest BCUT2D eigenvalue weighted by molar-refractivity contribution is 6.31. The highest BCUT2D eigenvalue weighted by atomic mass is 35.5. The second-order valence-electron chi connectivity index (χ2n) is 4.33. The summed E-state index contributed by atoms with van der Waals surface area (Å²) in [5.74, 6) is -0.0255. The Kier molecular flexibility index (Phi) is 4.58. The number of nitrogens with two attached hydrogens (primary N) is 1. The van der Waals surface area contributed by atoms with Gasteiger partial charge in [0.2, 0.25) is 5.91 Å². The maximum absolute atomic E-state index is 11.6. The molecule has 2 N–H and O–H groups in total. The number of hydrogen-bond donors (Lipinski definition) is 1. The van der Waals surface area contributed by atoms with E-state index in [4.69, 9.17) is 22.1 Å². The number of ether oxygens (including phenoxy) is 1. The van der Waals surface area contributed by atoms with Crippen molar-refractivity contribution in [2.75, 3.05) is 26.2 Å². The predicted octanol–water partition coefficient (Wildman–Crippen LogP) is 1.07. The van der Waals surface area contributed by atoms with Gasteiger partial charge in [0.15, 0.2) is 0 Å². The molecule has 4 nitrogen and oxygen atoms in total. The van der Waals surface area contributed by atoms with Crippen LogP contribution < -0.4 is 5.73 Å². The first-order valence-electron chi connectivity index (χ1n) is 6.03. The van der Waals surface area contributed by atoms with Gasteiger partial charge in [-0.25, -0.2) is 0 Å². The van der Waals surface area contributed by atoms with Crippen molar-refractivity contribution in [1.29, 1.82) is 0 Å². The van der Waals surface area contributed by atoms with E-state index >= 15 is 0 Å². The van der Waals surface area contributed by atoms with Crippen LogP contribution in [0, 0.1) is 0 Å². The molecule has 0 aliphatic carbocycles. The molecular weight excluding hydrogens is 252 g/mol. The summed E-state index contributed by atoms with van der Waals surface area (Å²) in [6, 6.07) is 7.70. The lowest BCUT2D eigenvalue weighted by molar-refractivity contribution is -0.137. The van der Waals surface area contributed by atoms with Crippen LogP contribution in [-0.4, -0.2) is 43.2 Å². The molecule has 0 radical (unpaired) electrons. The summed E-state index contributed by atoms with van der Waals surface area (Å²) in [5.41, 5.74) is 6.42. The van der Waals surface area contributed by atoms with Gasteiger partial charge in [-0.2, -0.15) is 0 Å². The molecule has 0 aromatic heterocycles. The molecule has 1 aliphatic rings. The number of hydrogen-bond acceptors (Lipinski definition) is 3. The van der Waals surface area contributed by atoms with Gasteiger partial charge < -0.3 is 15.4 Å². The molecule has 1 heterocycles. The van der Waals surface area contributed by atoms with Crippen molar-refractivity contribution in [1.82, 2.24) is 4.90 Å². The molecular formula is C13H17ClN2O2. The van der Waals surface area contributed by atoms with Crippen LogP contribution in [-0.2, 0) is 16.0 Å². The van der Waals surface area contributed by atoms with Gasteiger partial charge in [-0.3, -0.25) is 4.79 Å². The van der Waals surface area contributed by atoms with Crippen molar-refractivity contribution >= 4 is 17.5 Å². The number of morpholine rings is 1. The zero-order valence-corrected chi connectivity index (χ0v) is 10.9. The van der Waals surface area contributed by atoms with Crippen LogP contribution in [0.25, 0.3) is 0 Å². The van der Waals surface area contributed by atoms with E-state index in [2.05, 4.69) is 0 Å². The molecule has 0 unspecified atom stereocenters. The van der Waals surface area contributed by atoms with Crippen LogP contribution in [0.5, 0.6) is 0 Å². The average Bonchev–Trinajstić information content (AvgIpc) is 2.41. The zero-order valence-electron chi connectivity index (χ0n) is 10.1. The Labute approximate surface area is 112 Å². The molecule has 1 aliphatic heterocycles. The van der Waals surface area contributed by atoms with E-state index in [1.807, 2.05) is 24.3 Å². The van der Waals surface area contributed by atoms with Crippen molar-refractivity contribution in [3.63, 3.8) is 0 Å². The van der Waals surface area contributed by atoms with Gasteiger partial charge >= 0.3 is 0 Å². The predicted molar refractivity (Wildman–Crippen MR) is 70.5 cm³/mol. The molecule has 1 aromatic carbocycles. The fourth-order valence-electron chi connectivity index (χ4n) is 2.11. The molecule has 1 fully saturated rings. The lowest BCUT2D eigenvalue weighted by atomic mass is 10.1. The standard InChI is InChI=1S/C13H17ClN2O2/c14-12-4-2-1-3-10(12)7-11-9-16(5-6-18-11)13(17)8-15/h1-4,11H,5-9,15H2/t11-/m0/s1. The first kappa shape index (κ1) is 13.3. The number of rotatable bonds is 3. The summed E-state index contributed by atoms with van der Waals surface area (Å²) < 4.78 is 5.67. The molecule has 18 heavy (non-hydrogen) atoms. The SMILES string of the molecule is NCC(=O)N1CCO[C@@H](Cc2ccccc2Cl)C1. The van der Waals surface area contributed by atoms with E-state index in [1.165, 1.54) is 0 Å². The summed E-state index contributed by atoms with van der Waals surface area (Å²) in [7, 11) is 0. The molecule has 1 atom stereocenters. The van der Waals surface area contributed by atoms with Gasteiger partial charge in [0, 0.05) is 24.5 Å². The second kappa shape index (κ2) is 6.18. The van der Waals surface area contributed by atoms with E-state index in [-0.39, 0.29) is 18.6 Å². The number of halogens is 1. The molecule has 0 spiro atoms. The van der Waals surface area contributed by atoms with Crippen LogP contribution in [0.3, 0.4) is 0 Å². The molecule has 0 saturated carbocycles.